The van der Waals surface area contributed by atoms with E-state index in [-0.39, 0.29) is 17.7 Å². The van der Waals surface area contributed by atoms with Gasteiger partial charge in [0.05, 0.1) is 16.5 Å². The zero-order valence-corrected chi connectivity index (χ0v) is 17.0. The number of carbonyl (C=O) groups is 2. The number of nitrogens with two attached hydrogens (primary N) is 1. The number of thiophene rings is 1. The Bertz CT molecular complexity index is 1020. The summed E-state index contributed by atoms with van der Waals surface area (Å²) in [4.78, 5) is 26.0. The molecule has 1 aliphatic rings. The van der Waals surface area contributed by atoms with Crippen LogP contribution >= 0.6 is 11.3 Å². The van der Waals surface area contributed by atoms with Crippen LogP contribution < -0.4 is 27.2 Å². The first-order chi connectivity index (χ1) is 14.7. The molecule has 0 radical (unpaired) electrons. The second-order valence-corrected chi connectivity index (χ2v) is 7.93. The summed E-state index contributed by atoms with van der Waals surface area (Å²) in [5, 5.41) is 7.81. The van der Waals surface area contributed by atoms with Gasteiger partial charge in [0.15, 0.2) is 0 Å². The maximum absolute atomic E-state index is 13.0. The Balaban J connectivity index is 1.49. The number of benzene rings is 2. The highest BCUT2D eigenvalue weighted by molar-refractivity contribution is 7.12. The number of carbonyl (C=O) groups excluding carboxylic acids is 2. The molecule has 3 aromatic rings. The lowest BCUT2D eigenvalue weighted by atomic mass is 9.94. The number of rotatable bonds is 7. The van der Waals surface area contributed by atoms with Gasteiger partial charge in [-0.1, -0.05) is 36.4 Å². The fourth-order valence-corrected chi connectivity index (χ4v) is 4.10. The lowest BCUT2D eigenvalue weighted by Gasteiger charge is -2.17. The molecule has 0 aliphatic carbocycles. The molecular weight excluding hydrogens is 398 g/mol. The van der Waals surface area contributed by atoms with Gasteiger partial charge in [0.2, 0.25) is 5.91 Å². The van der Waals surface area contributed by atoms with Gasteiger partial charge in [-0.2, -0.15) is 0 Å². The van der Waals surface area contributed by atoms with Crippen LogP contribution in [-0.4, -0.2) is 18.4 Å². The molecule has 0 spiro atoms. The molecule has 154 valence electrons. The van der Waals surface area contributed by atoms with Crippen LogP contribution in [0.25, 0.3) is 0 Å². The minimum Gasteiger partial charge on any atom is -0.330 e. The molecule has 2 atom stereocenters. The van der Waals surface area contributed by atoms with Crippen LogP contribution in [-0.2, 0) is 4.79 Å². The molecule has 6 N–H and O–H groups in total. The van der Waals surface area contributed by atoms with Crippen molar-refractivity contribution in [3.8, 4) is 0 Å². The fourth-order valence-electron chi connectivity index (χ4n) is 3.48. The first-order valence-electron chi connectivity index (χ1n) is 9.71. The number of hydrogen-bond acceptors (Lipinski definition) is 6. The number of hydrogen-bond donors (Lipinski definition) is 5. The number of hydrazine groups is 1. The monoisotopic (exact) mass is 421 g/mol. The highest BCUT2D eigenvalue weighted by Crippen LogP contribution is 2.30. The number of fused-ring (bicyclic) bond motifs is 1. The van der Waals surface area contributed by atoms with Crippen LogP contribution in [0.3, 0.4) is 0 Å². The van der Waals surface area contributed by atoms with Crippen molar-refractivity contribution in [3.63, 3.8) is 0 Å². The van der Waals surface area contributed by atoms with Crippen LogP contribution in [0.1, 0.15) is 39.3 Å². The van der Waals surface area contributed by atoms with Gasteiger partial charge in [0.25, 0.3) is 5.91 Å². The highest BCUT2D eigenvalue weighted by Gasteiger charge is 2.25. The average molecular weight is 422 g/mol. The summed E-state index contributed by atoms with van der Waals surface area (Å²) in [5.74, 6) is -0.585. The summed E-state index contributed by atoms with van der Waals surface area (Å²) in [7, 11) is 0. The predicted molar refractivity (Wildman–Crippen MR) is 119 cm³/mol. The van der Waals surface area contributed by atoms with Crippen LogP contribution in [0.15, 0.2) is 66.0 Å². The third-order valence-electron chi connectivity index (χ3n) is 4.98. The molecule has 2 aromatic carbocycles. The van der Waals surface area contributed by atoms with Crippen molar-refractivity contribution in [1.82, 2.24) is 10.7 Å². The molecule has 0 bridgehead atoms. The normalized spacial score (nSPS) is 15.7. The molecule has 4 rings (SSSR count). The highest BCUT2D eigenvalue weighted by atomic mass is 32.1. The Hall–Kier alpha value is -3.20. The first-order valence-corrected chi connectivity index (χ1v) is 10.6. The van der Waals surface area contributed by atoms with Crippen molar-refractivity contribution in [2.45, 2.75) is 18.5 Å². The third kappa shape index (κ3) is 4.35. The van der Waals surface area contributed by atoms with Crippen molar-refractivity contribution in [1.29, 1.82) is 0 Å². The van der Waals surface area contributed by atoms with E-state index in [0.29, 0.717) is 23.5 Å². The maximum atomic E-state index is 13.0. The second kappa shape index (κ2) is 9.08. The van der Waals surface area contributed by atoms with Crippen LogP contribution in [0.5, 0.6) is 0 Å². The molecule has 8 heteroatoms. The number of nitrogens with one attached hydrogen (secondary N) is 4. The molecule has 0 saturated carbocycles. The molecule has 2 unspecified atom stereocenters. The minimum absolute atomic E-state index is 0.107. The lowest BCUT2D eigenvalue weighted by Crippen LogP contribution is -2.35. The zero-order chi connectivity index (χ0) is 20.9. The summed E-state index contributed by atoms with van der Waals surface area (Å²) in [6.45, 7) is 0.418. The Morgan fingerprint density at radius 3 is 2.67 bits per heavy atom. The molecule has 0 fully saturated rings. The SMILES string of the molecule is NCCC(C(=O)Nc1ccc2c(c1)C(NC(=O)c1cccs1)NN2)c1ccccc1. The van der Waals surface area contributed by atoms with Crippen molar-refractivity contribution >= 4 is 34.5 Å². The van der Waals surface area contributed by atoms with Crippen LogP contribution in [0.2, 0.25) is 0 Å². The van der Waals surface area contributed by atoms with Crippen LogP contribution in [0, 0.1) is 0 Å². The van der Waals surface area contributed by atoms with E-state index < -0.39 is 6.17 Å². The first kappa shape index (κ1) is 20.1. The molecule has 1 aliphatic heterocycles. The van der Waals surface area contributed by atoms with Gasteiger partial charge in [0.1, 0.15) is 6.17 Å². The second-order valence-electron chi connectivity index (χ2n) is 6.99. The standard InChI is InChI=1S/C22H23N5O2S/c23-11-10-16(14-5-2-1-3-6-14)21(28)24-15-8-9-18-17(13-15)20(27-26-18)25-22(29)19-7-4-12-30-19/h1-9,12-13,16,20,26-27H,10-11,23H2,(H,24,28)(H,25,29). The summed E-state index contributed by atoms with van der Waals surface area (Å²) >= 11 is 1.39. The molecule has 2 heterocycles. The van der Waals surface area contributed by atoms with Gasteiger partial charge in [-0.25, -0.2) is 5.43 Å². The minimum atomic E-state index is -0.402. The molecular formula is C22H23N5O2S. The molecule has 7 nitrogen and oxygen atoms in total. The van der Waals surface area contributed by atoms with E-state index in [1.165, 1.54) is 11.3 Å². The largest absolute Gasteiger partial charge is 0.330 e. The Morgan fingerprint density at radius 2 is 1.93 bits per heavy atom. The quantitative estimate of drug-likeness (QED) is 0.403. The van der Waals surface area contributed by atoms with E-state index in [9.17, 15) is 9.59 Å². The van der Waals surface area contributed by atoms with Crippen molar-refractivity contribution in [3.05, 3.63) is 82.0 Å². The van der Waals surface area contributed by atoms with E-state index in [2.05, 4.69) is 21.5 Å². The van der Waals surface area contributed by atoms with E-state index in [1.807, 2.05) is 60.0 Å². The van der Waals surface area contributed by atoms with Gasteiger partial charge in [-0.15, -0.1) is 11.3 Å². The van der Waals surface area contributed by atoms with E-state index in [0.717, 1.165) is 16.8 Å². The number of anilines is 2. The third-order valence-corrected chi connectivity index (χ3v) is 5.84. The molecule has 2 amide bonds. The Kier molecular flexibility index (Phi) is 6.08. The number of amides is 2. The Labute approximate surface area is 178 Å². The smallest absolute Gasteiger partial charge is 0.262 e. The van der Waals surface area contributed by atoms with Gasteiger partial charge in [-0.3, -0.25) is 9.59 Å². The summed E-state index contributed by atoms with van der Waals surface area (Å²) in [5.41, 5.74) is 15.2. The maximum Gasteiger partial charge on any atom is 0.262 e. The van der Waals surface area contributed by atoms with Gasteiger partial charge < -0.3 is 21.8 Å². The fraction of sp³-hybridized carbons (Fsp3) is 0.182. The topological polar surface area (TPSA) is 108 Å². The van der Waals surface area contributed by atoms with E-state index in [1.54, 1.807) is 6.07 Å². The van der Waals surface area contributed by atoms with Crippen molar-refractivity contribution in [2.24, 2.45) is 5.73 Å². The Morgan fingerprint density at radius 1 is 1.10 bits per heavy atom. The molecule has 1 aromatic heterocycles. The van der Waals surface area contributed by atoms with Gasteiger partial charge in [0, 0.05) is 11.3 Å². The van der Waals surface area contributed by atoms with Crippen molar-refractivity contribution < 1.29 is 9.59 Å². The lowest BCUT2D eigenvalue weighted by molar-refractivity contribution is -0.117. The molecule has 0 saturated heterocycles. The predicted octanol–water partition coefficient (Wildman–Crippen LogP) is 3.18. The van der Waals surface area contributed by atoms with Gasteiger partial charge in [-0.05, 0) is 48.2 Å². The van der Waals surface area contributed by atoms with Crippen LogP contribution in [0.4, 0.5) is 11.4 Å². The molecule has 30 heavy (non-hydrogen) atoms. The zero-order valence-electron chi connectivity index (χ0n) is 16.2. The van der Waals surface area contributed by atoms with Gasteiger partial charge >= 0.3 is 0 Å². The summed E-state index contributed by atoms with van der Waals surface area (Å²) in [6.07, 6.45) is 0.157. The van der Waals surface area contributed by atoms with E-state index in [4.69, 9.17) is 5.73 Å². The van der Waals surface area contributed by atoms with E-state index >= 15 is 0 Å². The summed E-state index contributed by atoms with van der Waals surface area (Å²) < 4.78 is 0. The van der Waals surface area contributed by atoms with Crippen molar-refractivity contribution in [2.75, 3.05) is 17.3 Å². The summed E-state index contributed by atoms with van der Waals surface area (Å²) in [6, 6.07) is 18.8. The average Bonchev–Trinajstić information content (AvgIpc) is 3.43.